The second-order valence-electron chi connectivity index (χ2n) is 14.4. The zero-order chi connectivity index (χ0) is 35.1. The van der Waals surface area contributed by atoms with Gasteiger partial charge in [0.2, 0.25) is 0 Å². The molecule has 0 heterocycles. The van der Waals surface area contributed by atoms with Crippen LogP contribution < -0.4 is 4.90 Å². The number of nitrogens with zero attached hydrogens (tertiary/aromatic N) is 1. The smallest absolute Gasteiger partial charge is 0.0473 e. The summed E-state index contributed by atoms with van der Waals surface area (Å²) in [6, 6.07) is 65.2. The quantitative estimate of drug-likeness (QED) is 0.138. The first-order valence-corrected chi connectivity index (χ1v) is 18.9. The highest BCUT2D eigenvalue weighted by molar-refractivity contribution is 6.11. The van der Waals surface area contributed by atoms with Gasteiger partial charge in [-0.3, -0.25) is 0 Å². The van der Waals surface area contributed by atoms with E-state index in [1.165, 1.54) is 66.1 Å². The van der Waals surface area contributed by atoms with Gasteiger partial charge < -0.3 is 4.90 Å². The molecule has 0 radical (unpaired) electrons. The van der Waals surface area contributed by atoms with E-state index in [0.717, 1.165) is 42.7 Å². The molecule has 1 aliphatic rings. The van der Waals surface area contributed by atoms with Crippen molar-refractivity contribution in [2.45, 2.75) is 44.9 Å². The number of para-hydroxylation sites is 1. The Kier molecular flexibility index (Phi) is 8.20. The predicted octanol–water partition coefficient (Wildman–Crippen LogP) is 14.7. The summed E-state index contributed by atoms with van der Waals surface area (Å²) in [4.78, 5) is 2.43. The Balaban J connectivity index is 1.28. The van der Waals surface area contributed by atoms with Gasteiger partial charge in [0.25, 0.3) is 0 Å². The molecule has 0 spiro atoms. The third kappa shape index (κ3) is 5.40. The van der Waals surface area contributed by atoms with Gasteiger partial charge in [0.05, 0.1) is 0 Å². The summed E-state index contributed by atoms with van der Waals surface area (Å²) in [5.41, 5.74) is 14.1. The Bertz CT molecular complexity index is 2470. The summed E-state index contributed by atoms with van der Waals surface area (Å²) in [5.74, 6) is 0. The maximum atomic E-state index is 2.57. The lowest BCUT2D eigenvalue weighted by Crippen LogP contribution is -2.24. The molecular formula is C51H43N. The van der Waals surface area contributed by atoms with E-state index >= 15 is 0 Å². The van der Waals surface area contributed by atoms with E-state index in [2.05, 4.69) is 195 Å². The van der Waals surface area contributed by atoms with E-state index in [1.54, 1.807) is 0 Å². The molecule has 0 N–H and O–H groups in total. The number of hydrogen-bond acceptors (Lipinski definition) is 1. The van der Waals surface area contributed by atoms with Crippen LogP contribution in [0.1, 0.15) is 50.7 Å². The van der Waals surface area contributed by atoms with Crippen LogP contribution >= 0.6 is 0 Å². The normalized spacial score (nSPS) is 12.9. The third-order valence-electron chi connectivity index (χ3n) is 11.2. The summed E-state index contributed by atoms with van der Waals surface area (Å²) in [6.07, 6.45) is 4.64. The molecule has 0 bridgehead atoms. The molecule has 1 heteroatoms. The van der Waals surface area contributed by atoms with Gasteiger partial charge in [-0.15, -0.1) is 0 Å². The van der Waals surface area contributed by atoms with Gasteiger partial charge >= 0.3 is 0 Å². The van der Waals surface area contributed by atoms with Crippen molar-refractivity contribution in [3.8, 4) is 33.4 Å². The van der Waals surface area contributed by atoms with Crippen LogP contribution in [0.2, 0.25) is 0 Å². The molecule has 0 amide bonds. The van der Waals surface area contributed by atoms with E-state index < -0.39 is 0 Å². The largest absolute Gasteiger partial charge is 0.310 e. The first-order chi connectivity index (χ1) is 25.7. The number of hydrogen-bond donors (Lipinski definition) is 0. The average molecular weight is 670 g/mol. The molecule has 252 valence electrons. The van der Waals surface area contributed by atoms with Crippen molar-refractivity contribution in [2.24, 2.45) is 0 Å². The molecule has 0 aromatic heterocycles. The van der Waals surface area contributed by atoms with Crippen molar-refractivity contribution in [3.63, 3.8) is 0 Å². The predicted molar refractivity (Wildman–Crippen MR) is 223 cm³/mol. The van der Waals surface area contributed by atoms with Crippen LogP contribution in [0, 0.1) is 0 Å². The van der Waals surface area contributed by atoms with Crippen LogP contribution in [0.15, 0.2) is 176 Å². The summed E-state index contributed by atoms with van der Waals surface area (Å²) in [7, 11) is 0. The summed E-state index contributed by atoms with van der Waals surface area (Å²) < 4.78 is 0. The molecule has 0 atom stereocenters. The maximum Gasteiger partial charge on any atom is 0.0473 e. The van der Waals surface area contributed by atoms with Gasteiger partial charge in [0.1, 0.15) is 0 Å². The summed E-state index contributed by atoms with van der Waals surface area (Å²) >= 11 is 0. The van der Waals surface area contributed by atoms with Crippen molar-refractivity contribution in [2.75, 3.05) is 4.90 Å². The Morgan fingerprint density at radius 1 is 0.385 bits per heavy atom. The first-order valence-electron chi connectivity index (χ1n) is 18.9. The van der Waals surface area contributed by atoms with Crippen molar-refractivity contribution in [3.05, 3.63) is 187 Å². The Morgan fingerprint density at radius 3 is 1.60 bits per heavy atom. The highest BCUT2D eigenvalue weighted by atomic mass is 15.1. The summed E-state index contributed by atoms with van der Waals surface area (Å²) in [5, 5.41) is 5.18. The zero-order valence-electron chi connectivity index (χ0n) is 30.0. The lowest BCUT2D eigenvalue weighted by molar-refractivity contribution is 0.436. The van der Waals surface area contributed by atoms with Crippen molar-refractivity contribution < 1.29 is 0 Å². The molecule has 0 saturated heterocycles. The molecular weight excluding hydrogens is 627 g/mol. The molecule has 0 aliphatic heterocycles. The topological polar surface area (TPSA) is 3.24 Å². The van der Waals surface area contributed by atoms with Crippen molar-refractivity contribution in [1.82, 2.24) is 0 Å². The minimum Gasteiger partial charge on any atom is -0.310 e. The average Bonchev–Trinajstić information content (AvgIpc) is 3.46. The molecule has 52 heavy (non-hydrogen) atoms. The molecule has 8 aromatic rings. The van der Waals surface area contributed by atoms with E-state index in [0.29, 0.717) is 0 Å². The number of fused-ring (bicyclic) bond motifs is 6. The lowest BCUT2D eigenvalue weighted by atomic mass is 9.71. The monoisotopic (exact) mass is 669 g/mol. The van der Waals surface area contributed by atoms with Crippen LogP contribution in [-0.2, 0) is 5.41 Å². The van der Waals surface area contributed by atoms with Gasteiger partial charge in [-0.1, -0.05) is 148 Å². The van der Waals surface area contributed by atoms with Gasteiger partial charge in [-0.2, -0.15) is 0 Å². The summed E-state index contributed by atoms with van der Waals surface area (Å²) in [6.45, 7) is 4.68. The van der Waals surface area contributed by atoms with E-state index in [1.807, 2.05) is 0 Å². The highest BCUT2D eigenvalue weighted by Crippen LogP contribution is 2.55. The van der Waals surface area contributed by atoms with Crippen LogP contribution in [-0.4, -0.2) is 0 Å². The van der Waals surface area contributed by atoms with E-state index in [9.17, 15) is 0 Å². The molecule has 0 saturated carbocycles. The Labute approximate surface area is 307 Å². The second kappa shape index (κ2) is 13.3. The van der Waals surface area contributed by atoms with Crippen LogP contribution in [0.5, 0.6) is 0 Å². The molecule has 0 unspecified atom stereocenters. The van der Waals surface area contributed by atoms with Crippen LogP contribution in [0.25, 0.3) is 54.9 Å². The minimum atomic E-state index is 0.0468. The van der Waals surface area contributed by atoms with Crippen molar-refractivity contribution >= 4 is 38.6 Å². The van der Waals surface area contributed by atoms with Gasteiger partial charge in [0, 0.05) is 22.5 Å². The third-order valence-corrected chi connectivity index (χ3v) is 11.2. The Morgan fingerprint density at radius 2 is 0.942 bits per heavy atom. The SMILES string of the molecule is CCCC1(CCC)c2ccccc2-c2cc3ccc4ccc(N(c5ccccc5)c5cc(-c6ccccc6)cc(-c6ccccc6)c5)cc4c3cc21. The number of anilines is 3. The Hall–Kier alpha value is -5.92. The molecule has 9 rings (SSSR count). The van der Waals surface area contributed by atoms with Crippen LogP contribution in [0.4, 0.5) is 17.1 Å². The first kappa shape index (κ1) is 32.0. The molecule has 1 nitrogen and oxygen atoms in total. The number of rotatable bonds is 9. The van der Waals surface area contributed by atoms with Gasteiger partial charge in [-0.25, -0.2) is 0 Å². The van der Waals surface area contributed by atoms with E-state index in [-0.39, 0.29) is 5.41 Å². The highest BCUT2D eigenvalue weighted by Gasteiger charge is 2.41. The number of benzene rings is 8. The van der Waals surface area contributed by atoms with E-state index in [4.69, 9.17) is 0 Å². The standard InChI is InChI=1S/C51H43N/c1-3-28-51(29-4-2)49-23-15-14-22-45(49)48-33-39-25-24-38-26-27-43(34-46(38)47(39)35-50(48)51)52(42-20-12-7-13-21-42)44-31-40(36-16-8-5-9-17-36)30-41(32-44)37-18-10-6-11-19-37/h5-27,30-35H,3-4,28-29H2,1-2H3. The van der Waals surface area contributed by atoms with Gasteiger partial charge in [0.15, 0.2) is 0 Å². The minimum absolute atomic E-state index is 0.0468. The fourth-order valence-corrected chi connectivity index (χ4v) is 9.00. The molecule has 8 aromatic carbocycles. The maximum absolute atomic E-state index is 2.57. The molecule has 0 fully saturated rings. The second-order valence-corrected chi connectivity index (χ2v) is 14.4. The lowest BCUT2D eigenvalue weighted by Gasteiger charge is -2.32. The van der Waals surface area contributed by atoms with Crippen LogP contribution in [0.3, 0.4) is 0 Å². The van der Waals surface area contributed by atoms with Crippen molar-refractivity contribution in [1.29, 1.82) is 0 Å². The molecule has 1 aliphatic carbocycles. The van der Waals surface area contributed by atoms with Gasteiger partial charge in [-0.05, 0) is 133 Å². The fraction of sp³-hybridized carbons (Fsp3) is 0.137. The zero-order valence-corrected chi connectivity index (χ0v) is 30.0. The fourth-order valence-electron chi connectivity index (χ4n) is 9.00.